The maximum atomic E-state index is 14.7. The molecule has 0 radical (unpaired) electrons. The molecule has 242 valence electrons. The van der Waals surface area contributed by atoms with Crippen LogP contribution in [-0.4, -0.2) is 24.5 Å². The molecule has 2 atom stereocenters. The van der Waals surface area contributed by atoms with Crippen molar-refractivity contribution in [2.45, 2.75) is 146 Å². The van der Waals surface area contributed by atoms with Gasteiger partial charge in [-0.05, 0) is 67.9 Å². The van der Waals surface area contributed by atoms with Gasteiger partial charge in [-0.2, -0.15) is 0 Å². The predicted molar refractivity (Wildman–Crippen MR) is 176 cm³/mol. The van der Waals surface area contributed by atoms with Gasteiger partial charge in [0.15, 0.2) is 0 Å². The Hall–Kier alpha value is -2.04. The van der Waals surface area contributed by atoms with Gasteiger partial charge in [-0.1, -0.05) is 113 Å². The van der Waals surface area contributed by atoms with Crippen LogP contribution in [0.1, 0.15) is 162 Å². The number of hydrogen-bond donors (Lipinski definition) is 1. The average molecular weight is 590 g/mol. The first-order valence-electron chi connectivity index (χ1n) is 16.8. The summed E-state index contributed by atoms with van der Waals surface area (Å²) in [6.07, 6.45) is 12.7. The van der Waals surface area contributed by atoms with Crippen molar-refractivity contribution in [1.82, 2.24) is 5.32 Å². The van der Waals surface area contributed by atoms with E-state index in [9.17, 15) is 18.8 Å². The largest absolute Gasteiger partial charge is 0.355 e. The van der Waals surface area contributed by atoms with Crippen LogP contribution in [0.3, 0.4) is 0 Å². The van der Waals surface area contributed by atoms with Crippen molar-refractivity contribution in [2.75, 3.05) is 7.05 Å². The van der Waals surface area contributed by atoms with E-state index in [4.69, 9.17) is 0 Å². The molecule has 0 spiro atoms. The van der Waals surface area contributed by atoms with E-state index < -0.39 is 0 Å². The van der Waals surface area contributed by atoms with Gasteiger partial charge in [-0.3, -0.25) is 14.4 Å². The molecule has 1 N–H and O–H groups in total. The molecule has 2 aliphatic carbocycles. The summed E-state index contributed by atoms with van der Waals surface area (Å²) in [7, 11) is 1.53. The van der Waals surface area contributed by atoms with Crippen molar-refractivity contribution in [3.8, 4) is 0 Å². The number of hydrogen-bond acceptors (Lipinski definition) is 3. The second-order valence-corrected chi connectivity index (χ2v) is 13.3. The summed E-state index contributed by atoms with van der Waals surface area (Å²) in [6.45, 7) is 20.4. The number of halogens is 1. The molecule has 0 bridgehead atoms. The van der Waals surface area contributed by atoms with Gasteiger partial charge in [-0.25, -0.2) is 4.39 Å². The molecule has 2 fully saturated rings. The lowest BCUT2D eigenvalue weighted by atomic mass is 9.82. The van der Waals surface area contributed by atoms with Gasteiger partial charge >= 0.3 is 0 Å². The summed E-state index contributed by atoms with van der Waals surface area (Å²) >= 11 is 0. The summed E-state index contributed by atoms with van der Waals surface area (Å²) in [4.78, 5) is 33.7. The van der Waals surface area contributed by atoms with E-state index in [2.05, 4.69) is 33.0 Å². The lowest BCUT2D eigenvalue weighted by Crippen LogP contribution is -2.20. The lowest BCUT2D eigenvalue weighted by molar-refractivity contribution is -0.123. The Bertz CT molecular complexity index is 929. The number of ketones is 2. The number of rotatable bonds is 11. The van der Waals surface area contributed by atoms with E-state index in [0.717, 1.165) is 38.5 Å². The van der Waals surface area contributed by atoms with E-state index in [1.807, 2.05) is 40.7 Å². The Morgan fingerprint density at radius 3 is 1.95 bits per heavy atom. The summed E-state index contributed by atoms with van der Waals surface area (Å²) in [5.74, 6) is 2.28. The van der Waals surface area contributed by atoms with E-state index in [1.165, 1.54) is 39.2 Å². The quantitative estimate of drug-likeness (QED) is 0.279. The Kier molecular flexibility index (Phi) is 19.8. The monoisotopic (exact) mass is 589 g/mol. The second-order valence-electron chi connectivity index (χ2n) is 13.3. The SMILES string of the molecule is CC.CC(=O)C1(C)CC1.CC(C)C(=O)CC1CCCCC1.CCC(C)CC(CC(C)C)c1cccc(C(=O)NC)c1F. The number of carbonyl (C=O) groups excluding carboxylic acids is 3. The van der Waals surface area contributed by atoms with Crippen LogP contribution in [0.4, 0.5) is 4.39 Å². The molecule has 1 amide bonds. The zero-order chi connectivity index (χ0) is 32.5. The topological polar surface area (TPSA) is 63.2 Å². The summed E-state index contributed by atoms with van der Waals surface area (Å²) in [6, 6.07) is 5.16. The highest BCUT2D eigenvalue weighted by Crippen LogP contribution is 2.45. The van der Waals surface area contributed by atoms with Gasteiger partial charge in [0.2, 0.25) is 0 Å². The van der Waals surface area contributed by atoms with Crippen molar-refractivity contribution in [1.29, 1.82) is 0 Å². The third-order valence-electron chi connectivity index (χ3n) is 8.79. The molecule has 0 aromatic heterocycles. The smallest absolute Gasteiger partial charge is 0.254 e. The van der Waals surface area contributed by atoms with Crippen LogP contribution in [0.25, 0.3) is 0 Å². The molecule has 4 nitrogen and oxygen atoms in total. The van der Waals surface area contributed by atoms with E-state index in [0.29, 0.717) is 34.9 Å². The van der Waals surface area contributed by atoms with Crippen LogP contribution in [0.2, 0.25) is 0 Å². The maximum absolute atomic E-state index is 14.7. The average Bonchev–Trinajstić information content (AvgIpc) is 3.73. The first-order valence-corrected chi connectivity index (χ1v) is 16.8. The fraction of sp³-hybridized carbons (Fsp3) is 0.757. The molecule has 0 aliphatic heterocycles. The highest BCUT2D eigenvalue weighted by Gasteiger charge is 2.41. The molecule has 1 aromatic carbocycles. The molecule has 42 heavy (non-hydrogen) atoms. The van der Waals surface area contributed by atoms with E-state index in [1.54, 1.807) is 19.1 Å². The minimum atomic E-state index is -0.360. The van der Waals surface area contributed by atoms with E-state index >= 15 is 0 Å². The zero-order valence-corrected chi connectivity index (χ0v) is 29.0. The lowest BCUT2D eigenvalue weighted by Gasteiger charge is -2.23. The summed E-state index contributed by atoms with van der Waals surface area (Å²) in [5, 5.41) is 2.50. The Morgan fingerprint density at radius 1 is 0.976 bits per heavy atom. The number of benzene rings is 1. The van der Waals surface area contributed by atoms with Crippen molar-refractivity contribution in [3.05, 3.63) is 35.1 Å². The molecule has 1 aromatic rings. The van der Waals surface area contributed by atoms with Crippen LogP contribution in [0, 0.1) is 34.9 Å². The fourth-order valence-corrected chi connectivity index (χ4v) is 5.20. The van der Waals surface area contributed by atoms with Gasteiger partial charge in [0.25, 0.3) is 5.91 Å². The third-order valence-corrected chi connectivity index (χ3v) is 8.79. The van der Waals surface area contributed by atoms with Crippen molar-refractivity contribution >= 4 is 17.5 Å². The fourth-order valence-electron chi connectivity index (χ4n) is 5.20. The molecule has 3 rings (SSSR count). The van der Waals surface area contributed by atoms with Crippen LogP contribution in [-0.2, 0) is 9.59 Å². The summed E-state index contributed by atoms with van der Waals surface area (Å²) < 4.78 is 14.7. The van der Waals surface area contributed by atoms with Gasteiger partial charge in [0.1, 0.15) is 17.4 Å². The first kappa shape index (κ1) is 40.0. The van der Waals surface area contributed by atoms with Crippen LogP contribution in [0.5, 0.6) is 0 Å². The molecule has 2 saturated carbocycles. The van der Waals surface area contributed by atoms with Crippen molar-refractivity contribution < 1.29 is 18.8 Å². The Morgan fingerprint density at radius 2 is 1.55 bits per heavy atom. The van der Waals surface area contributed by atoms with Gasteiger partial charge < -0.3 is 5.32 Å². The zero-order valence-electron chi connectivity index (χ0n) is 29.0. The minimum Gasteiger partial charge on any atom is -0.355 e. The molecule has 2 unspecified atom stereocenters. The van der Waals surface area contributed by atoms with Gasteiger partial charge in [0, 0.05) is 24.8 Å². The number of carbonyl (C=O) groups is 3. The minimum absolute atomic E-state index is 0.111. The van der Waals surface area contributed by atoms with Crippen molar-refractivity contribution in [2.24, 2.45) is 29.1 Å². The maximum Gasteiger partial charge on any atom is 0.254 e. The molecular weight excluding hydrogens is 525 g/mol. The Labute approximate surface area is 258 Å². The molecule has 5 heteroatoms. The van der Waals surface area contributed by atoms with Crippen molar-refractivity contribution in [3.63, 3.8) is 0 Å². The second kappa shape index (κ2) is 20.8. The van der Waals surface area contributed by atoms with Crippen LogP contribution >= 0.6 is 0 Å². The normalized spacial score (nSPS) is 16.9. The standard InChI is InChI=1S/C18H28FNO.C11H20O.C6H10O.C2H6/c1-6-13(4)11-14(10-12(2)3)15-8-7-9-16(17(15)19)18(21)20-5;1-9(2)11(12)8-10-6-4-3-5-7-10;1-5(7)6(2)3-4-6;1-2/h7-9,12-14H,6,10-11H2,1-5H3,(H,20,21);9-10H,3-8H2,1-2H3;3-4H2,1-2H3;1-2H3. The molecule has 0 saturated heterocycles. The van der Waals surface area contributed by atoms with Gasteiger partial charge in [0.05, 0.1) is 5.56 Å². The van der Waals surface area contributed by atoms with E-state index in [-0.39, 0.29) is 34.5 Å². The number of amides is 1. The Balaban J connectivity index is 0.000000666. The van der Waals surface area contributed by atoms with Gasteiger partial charge in [-0.15, -0.1) is 0 Å². The van der Waals surface area contributed by atoms with Crippen LogP contribution in [0.15, 0.2) is 18.2 Å². The van der Waals surface area contributed by atoms with Crippen LogP contribution < -0.4 is 5.32 Å². The first-order chi connectivity index (χ1) is 19.7. The molecular formula is C37H64FNO3. The highest BCUT2D eigenvalue weighted by molar-refractivity contribution is 5.94. The predicted octanol–water partition coefficient (Wildman–Crippen LogP) is 10.3. The molecule has 2 aliphatic rings. The number of Topliss-reactive ketones (excluding diaryl/α,β-unsaturated/α-hetero) is 2. The molecule has 0 heterocycles. The number of nitrogens with one attached hydrogen (secondary N) is 1. The summed E-state index contributed by atoms with van der Waals surface area (Å²) in [5.41, 5.74) is 0.943. The highest BCUT2D eigenvalue weighted by atomic mass is 19.1. The third kappa shape index (κ3) is 14.9.